The fourth-order valence-corrected chi connectivity index (χ4v) is 5.84. The lowest BCUT2D eigenvalue weighted by Gasteiger charge is -2.18. The van der Waals surface area contributed by atoms with Crippen LogP contribution in [0.2, 0.25) is 0 Å². The van der Waals surface area contributed by atoms with Crippen LogP contribution in [0, 0.1) is 13.8 Å². The first-order valence-electron chi connectivity index (χ1n) is 11.8. The van der Waals surface area contributed by atoms with Gasteiger partial charge in [0.25, 0.3) is 0 Å². The molecule has 3 aromatic carbocycles. The van der Waals surface area contributed by atoms with E-state index in [9.17, 15) is 9.59 Å². The summed E-state index contributed by atoms with van der Waals surface area (Å²) < 4.78 is 6.65. The maximum atomic E-state index is 13.0. The molecule has 0 radical (unpaired) electrons. The van der Waals surface area contributed by atoms with Crippen molar-refractivity contribution in [3.05, 3.63) is 101 Å². The van der Waals surface area contributed by atoms with Crippen molar-refractivity contribution >= 4 is 29.5 Å². The Morgan fingerprint density at radius 1 is 0.972 bits per heavy atom. The number of carbonyl (C=O) groups is 2. The van der Waals surface area contributed by atoms with Gasteiger partial charge in [-0.25, -0.2) is 9.48 Å². The van der Waals surface area contributed by atoms with Gasteiger partial charge in [0.05, 0.1) is 34.6 Å². The van der Waals surface area contributed by atoms with E-state index in [2.05, 4.69) is 29.6 Å². The second-order valence-corrected chi connectivity index (χ2v) is 10.3. The number of methoxy groups -OCH3 is 1. The lowest BCUT2D eigenvalue weighted by Crippen LogP contribution is -2.22. The molecule has 1 aromatic heterocycles. The van der Waals surface area contributed by atoms with Crippen LogP contribution in [0.4, 0.5) is 5.82 Å². The first-order valence-corrected chi connectivity index (χ1v) is 12.7. The Morgan fingerprint density at radius 2 is 1.61 bits per heavy atom. The molecule has 1 aliphatic heterocycles. The maximum Gasteiger partial charge on any atom is 0.337 e. The molecule has 0 unspecified atom stereocenters. The van der Waals surface area contributed by atoms with E-state index in [1.807, 2.05) is 61.9 Å². The fraction of sp³-hybridized carbons (Fsp3) is 0.207. The van der Waals surface area contributed by atoms with Crippen molar-refractivity contribution in [3.8, 4) is 16.8 Å². The van der Waals surface area contributed by atoms with Gasteiger partial charge in [-0.1, -0.05) is 54.6 Å². The third kappa shape index (κ3) is 4.31. The average molecular weight is 498 g/mol. The summed E-state index contributed by atoms with van der Waals surface area (Å²) in [4.78, 5) is 24.7. The molecule has 0 spiro atoms. The van der Waals surface area contributed by atoms with Crippen LogP contribution in [-0.4, -0.2) is 34.0 Å². The highest BCUT2D eigenvalue weighted by Crippen LogP contribution is 2.46. The number of rotatable bonds is 4. The first kappa shape index (κ1) is 23.9. The summed E-state index contributed by atoms with van der Waals surface area (Å²) in [7, 11) is 1.38. The number of fused-ring (bicyclic) bond motifs is 1. The average Bonchev–Trinajstić information content (AvgIpc) is 3.14. The Morgan fingerprint density at radius 3 is 2.25 bits per heavy atom. The van der Waals surface area contributed by atoms with Gasteiger partial charge >= 0.3 is 5.97 Å². The number of ether oxygens (including phenoxy) is 1. The molecule has 2 heterocycles. The summed E-state index contributed by atoms with van der Waals surface area (Å²) in [6, 6.07) is 23.8. The van der Waals surface area contributed by atoms with Crippen LogP contribution in [-0.2, 0) is 9.53 Å². The standard InChI is InChI=1S/C29H27N3O3S/c1-17-7-5-6-8-24(17)32-27-25(18(2)31-32)26(36-19(3)28(33)30-27)22-13-9-20(10-14-22)21-11-15-23(16-12-21)29(34)35-4/h5-16,19,26H,1-4H3,(H,30,33)/t19-,26+/m0/s1. The number of para-hydroxylation sites is 1. The molecule has 2 atom stereocenters. The number of benzene rings is 3. The molecule has 1 amide bonds. The van der Waals surface area contributed by atoms with E-state index in [4.69, 9.17) is 9.84 Å². The minimum absolute atomic E-state index is 0.0270. The SMILES string of the molecule is COC(=O)c1ccc(-c2ccc([C@H]3S[C@@H](C)C(=O)Nc4c3c(C)nn4-c3ccccc3C)cc2)cc1. The van der Waals surface area contributed by atoms with Crippen LogP contribution >= 0.6 is 11.8 Å². The molecule has 0 saturated heterocycles. The Balaban J connectivity index is 1.54. The highest BCUT2D eigenvalue weighted by atomic mass is 32.2. The summed E-state index contributed by atoms with van der Waals surface area (Å²) in [5.74, 6) is 0.355. The second-order valence-electron chi connectivity index (χ2n) is 8.88. The Labute approximate surface area is 214 Å². The van der Waals surface area contributed by atoms with Crippen molar-refractivity contribution in [2.45, 2.75) is 31.3 Å². The van der Waals surface area contributed by atoms with Crippen LogP contribution in [0.15, 0.2) is 72.8 Å². The number of esters is 1. The number of anilines is 1. The molecule has 4 aromatic rings. The van der Waals surface area contributed by atoms with Crippen LogP contribution in [0.1, 0.15) is 44.9 Å². The smallest absolute Gasteiger partial charge is 0.337 e. The summed E-state index contributed by atoms with van der Waals surface area (Å²) >= 11 is 1.63. The second kappa shape index (κ2) is 9.66. The topological polar surface area (TPSA) is 73.2 Å². The van der Waals surface area contributed by atoms with Gasteiger partial charge in [-0.05, 0) is 61.2 Å². The number of amides is 1. The number of nitrogens with zero attached hydrogens (tertiary/aromatic N) is 2. The van der Waals surface area contributed by atoms with Crippen LogP contribution in [0.25, 0.3) is 16.8 Å². The van der Waals surface area contributed by atoms with Crippen molar-refractivity contribution < 1.29 is 14.3 Å². The predicted molar refractivity (Wildman–Crippen MR) is 144 cm³/mol. The van der Waals surface area contributed by atoms with Crippen molar-refractivity contribution in [2.75, 3.05) is 12.4 Å². The van der Waals surface area contributed by atoms with E-state index in [-0.39, 0.29) is 22.4 Å². The van der Waals surface area contributed by atoms with E-state index in [0.29, 0.717) is 5.56 Å². The van der Waals surface area contributed by atoms with Crippen LogP contribution in [0.5, 0.6) is 0 Å². The molecule has 182 valence electrons. The van der Waals surface area contributed by atoms with Gasteiger partial charge in [-0.3, -0.25) is 4.79 Å². The number of aryl methyl sites for hydroxylation is 2. The number of carbonyl (C=O) groups excluding carboxylic acids is 2. The number of nitrogens with one attached hydrogen (secondary N) is 1. The van der Waals surface area contributed by atoms with Crippen molar-refractivity contribution in [1.82, 2.24) is 9.78 Å². The zero-order chi connectivity index (χ0) is 25.4. The van der Waals surface area contributed by atoms with Gasteiger partial charge in [-0.2, -0.15) is 5.10 Å². The maximum absolute atomic E-state index is 13.0. The van der Waals surface area contributed by atoms with Gasteiger partial charge in [0.2, 0.25) is 5.91 Å². The molecule has 1 aliphatic rings. The van der Waals surface area contributed by atoms with Gasteiger partial charge in [0, 0.05) is 5.56 Å². The van der Waals surface area contributed by atoms with Gasteiger partial charge in [-0.15, -0.1) is 11.8 Å². The third-order valence-corrected chi connectivity index (χ3v) is 7.92. The minimum atomic E-state index is -0.350. The third-order valence-electron chi connectivity index (χ3n) is 6.52. The molecule has 1 N–H and O–H groups in total. The Hall–Kier alpha value is -3.84. The van der Waals surface area contributed by atoms with Crippen molar-refractivity contribution in [3.63, 3.8) is 0 Å². The Kier molecular flexibility index (Phi) is 6.41. The largest absolute Gasteiger partial charge is 0.465 e. The molecule has 7 heteroatoms. The molecule has 6 nitrogen and oxygen atoms in total. The molecule has 0 bridgehead atoms. The zero-order valence-electron chi connectivity index (χ0n) is 20.6. The van der Waals surface area contributed by atoms with Crippen LogP contribution in [0.3, 0.4) is 0 Å². The summed E-state index contributed by atoms with van der Waals surface area (Å²) in [5, 5.41) is 7.71. The molecular formula is C29H27N3O3S. The van der Waals surface area contributed by atoms with Gasteiger partial charge in [0.15, 0.2) is 0 Å². The zero-order valence-corrected chi connectivity index (χ0v) is 21.4. The lowest BCUT2D eigenvalue weighted by atomic mass is 9.99. The molecule has 0 saturated carbocycles. The minimum Gasteiger partial charge on any atom is -0.465 e. The number of hydrogen-bond acceptors (Lipinski definition) is 5. The molecule has 0 fully saturated rings. The number of aromatic nitrogens is 2. The lowest BCUT2D eigenvalue weighted by molar-refractivity contribution is -0.115. The highest BCUT2D eigenvalue weighted by Gasteiger charge is 2.34. The van der Waals surface area contributed by atoms with E-state index < -0.39 is 0 Å². The predicted octanol–water partition coefficient (Wildman–Crippen LogP) is 6.11. The number of hydrogen-bond donors (Lipinski definition) is 1. The van der Waals surface area contributed by atoms with E-state index in [0.717, 1.165) is 45.0 Å². The van der Waals surface area contributed by atoms with Crippen LogP contribution < -0.4 is 5.32 Å². The first-order chi connectivity index (χ1) is 17.4. The van der Waals surface area contributed by atoms with E-state index >= 15 is 0 Å². The van der Waals surface area contributed by atoms with Crippen molar-refractivity contribution in [1.29, 1.82) is 0 Å². The fourth-order valence-electron chi connectivity index (χ4n) is 4.51. The summed E-state index contributed by atoms with van der Waals surface area (Å²) in [5.41, 5.74) is 7.63. The Bertz CT molecular complexity index is 1440. The highest BCUT2D eigenvalue weighted by molar-refractivity contribution is 8.01. The summed E-state index contributed by atoms with van der Waals surface area (Å²) in [6.07, 6.45) is 0. The van der Waals surface area contributed by atoms with E-state index in [1.54, 1.807) is 23.9 Å². The summed E-state index contributed by atoms with van der Waals surface area (Å²) in [6.45, 7) is 5.99. The molecular weight excluding hydrogens is 470 g/mol. The van der Waals surface area contributed by atoms with Gasteiger partial charge < -0.3 is 10.1 Å². The normalized spacial score (nSPS) is 17.2. The van der Waals surface area contributed by atoms with Gasteiger partial charge in [0.1, 0.15) is 5.82 Å². The molecule has 5 rings (SSSR count). The molecule has 0 aliphatic carbocycles. The monoisotopic (exact) mass is 497 g/mol. The van der Waals surface area contributed by atoms with E-state index in [1.165, 1.54) is 7.11 Å². The molecule has 36 heavy (non-hydrogen) atoms. The quantitative estimate of drug-likeness (QED) is 0.345. The number of thioether (sulfide) groups is 1. The van der Waals surface area contributed by atoms with Crippen molar-refractivity contribution in [2.24, 2.45) is 0 Å².